The second kappa shape index (κ2) is 5.87. The van der Waals surface area contributed by atoms with E-state index in [-0.39, 0.29) is 33.0 Å². The van der Waals surface area contributed by atoms with Crippen molar-refractivity contribution in [1.29, 1.82) is 0 Å². The normalized spacial score (nSPS) is 21.1. The Morgan fingerprint density at radius 1 is 1.26 bits per heavy atom. The van der Waals surface area contributed by atoms with Crippen LogP contribution in [0.3, 0.4) is 0 Å². The molecule has 0 aromatic heterocycles. The summed E-state index contributed by atoms with van der Waals surface area (Å²) in [7, 11) is 0. The first-order chi connectivity index (χ1) is 8.33. The first-order valence-corrected chi connectivity index (χ1v) is 5.91. The van der Waals surface area contributed by atoms with E-state index >= 15 is 0 Å². The Morgan fingerprint density at radius 3 is 2.47 bits per heavy atom. The first-order valence-electron chi connectivity index (χ1n) is 4.77. The third-order valence-electron chi connectivity index (χ3n) is 2.45. The van der Waals surface area contributed by atoms with Gasteiger partial charge < -0.3 is 10.1 Å². The average Bonchev–Trinajstić information content (AvgIpc) is 2.29. The minimum Gasteiger partial charge on any atom is -0.443 e. The molecule has 1 aromatic rings. The van der Waals surface area contributed by atoms with Crippen LogP contribution in [-0.4, -0.2) is 18.6 Å². The predicted octanol–water partition coefficient (Wildman–Crippen LogP) is 4.48. The van der Waals surface area contributed by atoms with E-state index in [1.165, 1.54) is 12.1 Å². The van der Waals surface area contributed by atoms with Gasteiger partial charge in [0.2, 0.25) is 0 Å². The van der Waals surface area contributed by atoms with Gasteiger partial charge in [-0.2, -0.15) is 0 Å². The maximum absolute atomic E-state index is 13.7. The summed E-state index contributed by atoms with van der Waals surface area (Å²) in [4.78, 5) is 11.1. The summed E-state index contributed by atoms with van der Waals surface area (Å²) in [6.07, 6.45) is -0.960. The maximum atomic E-state index is 13.7. The van der Waals surface area contributed by atoms with Gasteiger partial charge in [0.25, 0.3) is 0 Å². The van der Waals surface area contributed by atoms with Crippen molar-refractivity contribution in [2.45, 2.75) is 12.0 Å². The molecule has 0 spiro atoms. The van der Waals surface area contributed by atoms with Crippen molar-refractivity contribution < 1.29 is 18.3 Å². The molecule has 1 aliphatic rings. The van der Waals surface area contributed by atoms with Gasteiger partial charge in [-0.25, -0.2) is 13.6 Å². The number of amides is 1. The Balaban J connectivity index is 0.00000180. The van der Waals surface area contributed by atoms with Crippen molar-refractivity contribution in [2.75, 3.05) is 6.61 Å². The number of cyclic esters (lactones) is 1. The van der Waals surface area contributed by atoms with Gasteiger partial charge in [-0.15, -0.1) is 12.4 Å². The largest absolute Gasteiger partial charge is 0.443 e. The molecule has 1 fully saturated rings. The van der Waals surface area contributed by atoms with Crippen molar-refractivity contribution in [1.82, 2.24) is 5.32 Å². The number of carbonyl (C=O) groups is 1. The fourth-order valence-corrected chi connectivity index (χ4v) is 2.35. The van der Waals surface area contributed by atoms with Crippen molar-refractivity contribution in [3.05, 3.63) is 32.8 Å². The summed E-state index contributed by atoms with van der Waals surface area (Å²) in [5.74, 6) is -3.33. The van der Waals surface area contributed by atoms with Gasteiger partial charge in [0, 0.05) is 10.6 Å². The van der Waals surface area contributed by atoms with E-state index in [0.29, 0.717) is 0 Å². The Labute approximate surface area is 128 Å². The highest BCUT2D eigenvalue weighted by Gasteiger charge is 2.48. The molecule has 9 heteroatoms. The number of hydrogen-bond donors (Lipinski definition) is 1. The Morgan fingerprint density at radius 2 is 1.84 bits per heavy atom. The van der Waals surface area contributed by atoms with E-state index in [1.807, 2.05) is 5.32 Å². The zero-order chi connectivity index (χ0) is 13.5. The van der Waals surface area contributed by atoms with Crippen LogP contribution >= 0.6 is 47.2 Å². The number of carbonyl (C=O) groups excluding carboxylic acids is 1. The third-order valence-corrected chi connectivity index (χ3v) is 3.60. The van der Waals surface area contributed by atoms with E-state index in [9.17, 15) is 13.6 Å². The summed E-state index contributed by atoms with van der Waals surface area (Å²) in [6.45, 7) is -1.04. The number of ether oxygens (including phenoxy) is 1. The summed E-state index contributed by atoms with van der Waals surface area (Å²) >= 11 is 17.5. The molecule has 0 bridgehead atoms. The standard InChI is InChI=1S/C10H6Cl3F2NO2.ClH/c11-4-1-2-5(12)7(13)6(4)8-10(14,15)3-18-9(17)16-8;/h1-2,8H,3H2,(H,16,17);1H/t8-;/m1./s1. The van der Waals surface area contributed by atoms with E-state index in [1.54, 1.807) is 0 Å². The third kappa shape index (κ3) is 3.16. The molecule has 2 rings (SSSR count). The molecule has 1 saturated heterocycles. The molecule has 1 heterocycles. The zero-order valence-corrected chi connectivity index (χ0v) is 12.1. The topological polar surface area (TPSA) is 38.3 Å². The van der Waals surface area contributed by atoms with Crippen molar-refractivity contribution in [2.24, 2.45) is 0 Å². The quantitative estimate of drug-likeness (QED) is 0.756. The molecule has 3 nitrogen and oxygen atoms in total. The number of halogens is 6. The molecule has 1 N–H and O–H groups in total. The van der Waals surface area contributed by atoms with Crippen molar-refractivity contribution in [3.63, 3.8) is 0 Å². The molecule has 0 saturated carbocycles. The second-order valence-electron chi connectivity index (χ2n) is 3.67. The van der Waals surface area contributed by atoms with Gasteiger partial charge in [-0.05, 0) is 12.1 Å². The first kappa shape index (κ1) is 16.6. The van der Waals surface area contributed by atoms with Crippen LogP contribution in [0.15, 0.2) is 12.1 Å². The van der Waals surface area contributed by atoms with E-state index in [2.05, 4.69) is 4.74 Å². The van der Waals surface area contributed by atoms with Gasteiger partial charge in [0.1, 0.15) is 6.04 Å². The van der Waals surface area contributed by atoms with Crippen LogP contribution in [0.2, 0.25) is 15.1 Å². The predicted molar refractivity (Wildman–Crippen MR) is 70.9 cm³/mol. The number of alkyl carbamates (subject to hydrolysis) is 1. The molecule has 19 heavy (non-hydrogen) atoms. The van der Waals surface area contributed by atoms with E-state index in [4.69, 9.17) is 34.8 Å². The van der Waals surface area contributed by atoms with Gasteiger partial charge in [0.05, 0.1) is 10.0 Å². The Kier molecular flexibility index (Phi) is 5.12. The minimum absolute atomic E-state index is 0. The van der Waals surface area contributed by atoms with Crippen LogP contribution in [0.25, 0.3) is 0 Å². The molecule has 106 valence electrons. The lowest BCUT2D eigenvalue weighted by atomic mass is 10.00. The summed E-state index contributed by atoms with van der Waals surface area (Å²) in [5.41, 5.74) is -0.118. The van der Waals surface area contributed by atoms with Gasteiger partial charge >= 0.3 is 12.0 Å². The van der Waals surface area contributed by atoms with Gasteiger partial charge in [-0.3, -0.25) is 0 Å². The molecular formula is C10H7Cl4F2NO2. The van der Waals surface area contributed by atoms with Crippen LogP contribution < -0.4 is 5.32 Å². The summed E-state index contributed by atoms with van der Waals surface area (Å²) in [5, 5.41) is 1.95. The van der Waals surface area contributed by atoms with Crippen LogP contribution in [0.1, 0.15) is 11.6 Å². The molecule has 0 unspecified atom stereocenters. The number of benzene rings is 1. The van der Waals surface area contributed by atoms with Crippen LogP contribution in [0.4, 0.5) is 13.6 Å². The lowest BCUT2D eigenvalue weighted by Crippen LogP contribution is -2.49. The smallest absolute Gasteiger partial charge is 0.408 e. The Bertz CT molecular complexity index is 513. The second-order valence-corrected chi connectivity index (χ2v) is 4.86. The number of nitrogens with one attached hydrogen (secondary N) is 1. The van der Waals surface area contributed by atoms with Crippen LogP contribution in [-0.2, 0) is 4.74 Å². The highest BCUT2D eigenvalue weighted by molar-refractivity contribution is 6.44. The molecule has 1 aliphatic heterocycles. The van der Waals surface area contributed by atoms with Crippen molar-refractivity contribution >= 4 is 53.3 Å². The number of alkyl halides is 2. The summed E-state index contributed by atoms with van der Waals surface area (Å²) in [6, 6.07) is 1.05. The van der Waals surface area contributed by atoms with Crippen molar-refractivity contribution in [3.8, 4) is 0 Å². The number of rotatable bonds is 1. The Hall–Kier alpha value is -0.490. The molecule has 0 radical (unpaired) electrons. The van der Waals surface area contributed by atoms with Gasteiger partial charge in [0.15, 0.2) is 6.61 Å². The molecule has 1 atom stereocenters. The molecule has 0 aliphatic carbocycles. The zero-order valence-electron chi connectivity index (χ0n) is 9.05. The molecular weight excluding hydrogens is 346 g/mol. The van der Waals surface area contributed by atoms with Crippen LogP contribution in [0.5, 0.6) is 0 Å². The minimum atomic E-state index is -3.33. The fourth-order valence-electron chi connectivity index (χ4n) is 1.60. The SMILES string of the molecule is Cl.O=C1N[C@H](c2c(Cl)ccc(Cl)c2Cl)C(F)(F)CO1. The summed E-state index contributed by atoms with van der Waals surface area (Å²) < 4.78 is 31.7. The highest BCUT2D eigenvalue weighted by Crippen LogP contribution is 2.43. The van der Waals surface area contributed by atoms with E-state index < -0.39 is 24.7 Å². The van der Waals surface area contributed by atoms with Crippen LogP contribution in [0, 0.1) is 0 Å². The lowest BCUT2D eigenvalue weighted by Gasteiger charge is -2.32. The molecule has 1 aromatic carbocycles. The fraction of sp³-hybridized carbons (Fsp3) is 0.300. The number of hydrogen-bond acceptors (Lipinski definition) is 2. The monoisotopic (exact) mass is 351 g/mol. The lowest BCUT2D eigenvalue weighted by molar-refractivity contribution is -0.104. The van der Waals surface area contributed by atoms with Gasteiger partial charge in [-0.1, -0.05) is 34.8 Å². The maximum Gasteiger partial charge on any atom is 0.408 e. The highest BCUT2D eigenvalue weighted by atomic mass is 35.5. The molecule has 1 amide bonds. The van der Waals surface area contributed by atoms with E-state index in [0.717, 1.165) is 0 Å². The average molecular weight is 353 g/mol.